The van der Waals surface area contributed by atoms with Crippen molar-refractivity contribution in [1.29, 1.82) is 0 Å². The van der Waals surface area contributed by atoms with Gasteiger partial charge in [0, 0.05) is 6.04 Å². The average molecular weight is 127 g/mol. The first-order valence-electron chi connectivity index (χ1n) is 4.02. The Morgan fingerprint density at radius 1 is 1.33 bits per heavy atom. The molecule has 0 aliphatic heterocycles. The third kappa shape index (κ3) is 1.68. The Kier molecular flexibility index (Phi) is 2.52. The van der Waals surface area contributed by atoms with Crippen LogP contribution in [0, 0.1) is 5.92 Å². The highest BCUT2D eigenvalue weighted by atomic mass is 14.9. The molecule has 0 spiro atoms. The average Bonchev–Trinajstić information content (AvgIpc) is 2.37. The summed E-state index contributed by atoms with van der Waals surface area (Å²) in [6.07, 6.45) is 5.80. The summed E-state index contributed by atoms with van der Waals surface area (Å²) in [5.41, 5.74) is 0. The molecular formula is C8H17N. The summed E-state index contributed by atoms with van der Waals surface area (Å²) in [5, 5.41) is 3.31. The molecule has 0 aromatic rings. The van der Waals surface area contributed by atoms with Crippen molar-refractivity contribution in [3.05, 3.63) is 0 Å². The number of nitrogens with one attached hydrogen (secondary N) is 1. The molecule has 1 aliphatic rings. The second-order valence-electron chi connectivity index (χ2n) is 3.12. The van der Waals surface area contributed by atoms with Crippen LogP contribution in [0.25, 0.3) is 0 Å². The summed E-state index contributed by atoms with van der Waals surface area (Å²) in [4.78, 5) is 0. The Balaban J connectivity index is 2.24. The number of hydrogen-bond donors (Lipinski definition) is 1. The lowest BCUT2D eigenvalue weighted by molar-refractivity contribution is 0.405. The fraction of sp³-hybridized carbons (Fsp3) is 1.00. The third-order valence-electron chi connectivity index (χ3n) is 2.56. The van der Waals surface area contributed by atoms with E-state index < -0.39 is 0 Å². The van der Waals surface area contributed by atoms with Crippen LogP contribution in [0.3, 0.4) is 0 Å². The van der Waals surface area contributed by atoms with Gasteiger partial charge in [-0.3, -0.25) is 0 Å². The highest BCUT2D eigenvalue weighted by Gasteiger charge is 2.19. The molecule has 0 heterocycles. The maximum Gasteiger partial charge on any atom is 0.00639 e. The standard InChI is InChI=1S/C8H17N/c1-7(9-2)8-5-3-4-6-8/h7-9H,3-6H2,1-2H3/t7-/m0/s1. The van der Waals surface area contributed by atoms with Gasteiger partial charge in [0.15, 0.2) is 0 Å². The zero-order valence-electron chi connectivity index (χ0n) is 6.48. The summed E-state index contributed by atoms with van der Waals surface area (Å²) in [7, 11) is 2.06. The fourth-order valence-corrected chi connectivity index (χ4v) is 1.69. The largest absolute Gasteiger partial charge is 0.317 e. The summed E-state index contributed by atoms with van der Waals surface area (Å²) >= 11 is 0. The second kappa shape index (κ2) is 3.21. The second-order valence-corrected chi connectivity index (χ2v) is 3.12. The minimum atomic E-state index is 0.743. The van der Waals surface area contributed by atoms with Crippen LogP contribution in [-0.2, 0) is 0 Å². The van der Waals surface area contributed by atoms with Crippen LogP contribution in [0.5, 0.6) is 0 Å². The monoisotopic (exact) mass is 127 g/mol. The lowest BCUT2D eigenvalue weighted by Gasteiger charge is -2.16. The Labute approximate surface area is 57.8 Å². The molecule has 0 amide bonds. The molecule has 1 atom stereocenters. The molecular weight excluding hydrogens is 110 g/mol. The normalized spacial score (nSPS) is 24.7. The van der Waals surface area contributed by atoms with E-state index in [0.717, 1.165) is 12.0 Å². The van der Waals surface area contributed by atoms with Crippen molar-refractivity contribution in [3.8, 4) is 0 Å². The van der Waals surface area contributed by atoms with Gasteiger partial charge in [-0.15, -0.1) is 0 Å². The van der Waals surface area contributed by atoms with Gasteiger partial charge in [-0.25, -0.2) is 0 Å². The highest BCUT2D eigenvalue weighted by molar-refractivity contribution is 4.75. The van der Waals surface area contributed by atoms with E-state index >= 15 is 0 Å². The van der Waals surface area contributed by atoms with E-state index in [1.54, 1.807) is 0 Å². The lowest BCUT2D eigenvalue weighted by Crippen LogP contribution is -2.28. The van der Waals surface area contributed by atoms with Gasteiger partial charge in [0.2, 0.25) is 0 Å². The fourth-order valence-electron chi connectivity index (χ4n) is 1.69. The van der Waals surface area contributed by atoms with Crippen LogP contribution in [0.15, 0.2) is 0 Å². The van der Waals surface area contributed by atoms with Crippen LogP contribution in [0.2, 0.25) is 0 Å². The molecule has 1 heteroatoms. The minimum Gasteiger partial charge on any atom is -0.317 e. The highest BCUT2D eigenvalue weighted by Crippen LogP contribution is 2.27. The summed E-state index contributed by atoms with van der Waals surface area (Å²) in [6, 6.07) is 0.743. The molecule has 1 N–H and O–H groups in total. The number of hydrogen-bond acceptors (Lipinski definition) is 1. The summed E-state index contributed by atoms with van der Waals surface area (Å²) < 4.78 is 0. The molecule has 1 nitrogen and oxygen atoms in total. The first-order chi connectivity index (χ1) is 4.34. The Hall–Kier alpha value is -0.0400. The van der Waals surface area contributed by atoms with Gasteiger partial charge in [0.05, 0.1) is 0 Å². The lowest BCUT2D eigenvalue weighted by atomic mass is 10.0. The Morgan fingerprint density at radius 2 is 1.89 bits per heavy atom. The molecule has 0 unspecified atom stereocenters. The van der Waals surface area contributed by atoms with Crippen LogP contribution in [0.4, 0.5) is 0 Å². The number of rotatable bonds is 2. The van der Waals surface area contributed by atoms with Gasteiger partial charge in [-0.2, -0.15) is 0 Å². The predicted octanol–water partition coefficient (Wildman–Crippen LogP) is 1.78. The van der Waals surface area contributed by atoms with Crippen LogP contribution in [0.1, 0.15) is 32.6 Å². The maximum absolute atomic E-state index is 3.31. The molecule has 0 bridgehead atoms. The summed E-state index contributed by atoms with van der Waals surface area (Å²) in [5.74, 6) is 0.968. The Bertz CT molecular complexity index is 74.6. The van der Waals surface area contributed by atoms with Crippen molar-refractivity contribution in [1.82, 2.24) is 5.32 Å². The SMILES string of the molecule is CN[C@@H](C)C1CCCC1. The van der Waals surface area contributed by atoms with E-state index in [-0.39, 0.29) is 0 Å². The molecule has 0 radical (unpaired) electrons. The Morgan fingerprint density at radius 3 is 2.33 bits per heavy atom. The van der Waals surface area contributed by atoms with Gasteiger partial charge in [0.25, 0.3) is 0 Å². The molecule has 0 aromatic carbocycles. The van der Waals surface area contributed by atoms with Gasteiger partial charge in [-0.05, 0) is 32.7 Å². The maximum atomic E-state index is 3.31. The van der Waals surface area contributed by atoms with Crippen molar-refractivity contribution in [2.75, 3.05) is 7.05 Å². The van der Waals surface area contributed by atoms with Crippen molar-refractivity contribution >= 4 is 0 Å². The van der Waals surface area contributed by atoms with Gasteiger partial charge >= 0.3 is 0 Å². The molecule has 1 rings (SSSR count). The van der Waals surface area contributed by atoms with E-state index in [9.17, 15) is 0 Å². The first kappa shape index (κ1) is 7.07. The van der Waals surface area contributed by atoms with Crippen LogP contribution in [-0.4, -0.2) is 13.1 Å². The van der Waals surface area contributed by atoms with Crippen LogP contribution >= 0.6 is 0 Å². The van der Waals surface area contributed by atoms with Crippen molar-refractivity contribution < 1.29 is 0 Å². The van der Waals surface area contributed by atoms with Crippen LogP contribution < -0.4 is 5.32 Å². The van der Waals surface area contributed by atoms with Crippen molar-refractivity contribution in [3.63, 3.8) is 0 Å². The quantitative estimate of drug-likeness (QED) is 0.596. The molecule has 0 aromatic heterocycles. The summed E-state index contributed by atoms with van der Waals surface area (Å²) in [6.45, 7) is 2.29. The minimum absolute atomic E-state index is 0.743. The van der Waals surface area contributed by atoms with E-state index in [4.69, 9.17) is 0 Å². The van der Waals surface area contributed by atoms with Crippen molar-refractivity contribution in [2.24, 2.45) is 5.92 Å². The van der Waals surface area contributed by atoms with Gasteiger partial charge in [0.1, 0.15) is 0 Å². The van der Waals surface area contributed by atoms with Gasteiger partial charge in [-0.1, -0.05) is 12.8 Å². The molecule has 9 heavy (non-hydrogen) atoms. The van der Waals surface area contributed by atoms with E-state index in [1.165, 1.54) is 25.7 Å². The van der Waals surface area contributed by atoms with Crippen molar-refractivity contribution in [2.45, 2.75) is 38.6 Å². The van der Waals surface area contributed by atoms with E-state index in [2.05, 4.69) is 19.3 Å². The smallest absolute Gasteiger partial charge is 0.00639 e. The first-order valence-corrected chi connectivity index (χ1v) is 4.02. The zero-order valence-corrected chi connectivity index (χ0v) is 6.48. The molecule has 54 valence electrons. The molecule has 1 aliphatic carbocycles. The molecule has 1 saturated carbocycles. The zero-order chi connectivity index (χ0) is 6.69. The molecule has 0 saturated heterocycles. The van der Waals surface area contributed by atoms with E-state index in [1.807, 2.05) is 0 Å². The van der Waals surface area contributed by atoms with E-state index in [0.29, 0.717) is 0 Å². The molecule has 1 fully saturated rings. The van der Waals surface area contributed by atoms with Gasteiger partial charge < -0.3 is 5.32 Å². The topological polar surface area (TPSA) is 12.0 Å². The third-order valence-corrected chi connectivity index (χ3v) is 2.56. The predicted molar refractivity (Wildman–Crippen MR) is 40.5 cm³/mol.